The van der Waals surface area contributed by atoms with E-state index in [1.807, 2.05) is 0 Å². The van der Waals surface area contributed by atoms with Gasteiger partial charge in [0, 0.05) is 37.2 Å². The average Bonchev–Trinajstić information content (AvgIpc) is 3.00. The average molecular weight is 615 g/mol. The van der Waals surface area contributed by atoms with E-state index in [1.165, 1.54) is 0 Å². The van der Waals surface area contributed by atoms with Gasteiger partial charge in [0.25, 0.3) is 5.91 Å². The number of hydrogen-bond acceptors (Lipinski definition) is 10. The van der Waals surface area contributed by atoms with Gasteiger partial charge in [0.2, 0.25) is 17.7 Å². The summed E-state index contributed by atoms with van der Waals surface area (Å²) in [6.45, 7) is 2.34. The van der Waals surface area contributed by atoms with Crippen LogP contribution >= 0.6 is 0 Å². The lowest BCUT2D eigenvalue weighted by atomic mass is 9.67. The van der Waals surface area contributed by atoms with Crippen molar-refractivity contribution < 1.29 is 42.5 Å². The number of halogens is 2. The van der Waals surface area contributed by atoms with Crippen molar-refractivity contribution in [3.05, 3.63) is 79.4 Å². The number of hydrogen-bond donors (Lipinski definition) is 0. The number of nitro groups is 2. The fraction of sp³-hybridized carbons (Fsp3) is 0.483. The second-order valence-electron chi connectivity index (χ2n) is 11.6. The molecule has 0 saturated carbocycles. The van der Waals surface area contributed by atoms with E-state index in [9.17, 15) is 43.4 Å². The lowest BCUT2D eigenvalue weighted by Crippen LogP contribution is -2.70. The Kier molecular flexibility index (Phi) is 7.73. The highest BCUT2D eigenvalue weighted by atomic mass is 19.1. The van der Waals surface area contributed by atoms with Gasteiger partial charge in [0.05, 0.1) is 21.0 Å². The molecule has 0 aliphatic carbocycles. The summed E-state index contributed by atoms with van der Waals surface area (Å²) in [6.07, 6.45) is 0.825. The molecular formula is C29H28F2N4O9. The van der Waals surface area contributed by atoms with Crippen LogP contribution in [0.2, 0.25) is 0 Å². The molecule has 15 heteroatoms. The minimum Gasteiger partial charge on any atom is -0.454 e. The van der Waals surface area contributed by atoms with Crippen LogP contribution in [0.15, 0.2) is 36.4 Å². The molecule has 0 radical (unpaired) electrons. The Morgan fingerprint density at radius 3 is 2.02 bits per heavy atom. The number of amides is 1. The fourth-order valence-electron chi connectivity index (χ4n) is 7.42. The third kappa shape index (κ3) is 5.25. The van der Waals surface area contributed by atoms with Crippen molar-refractivity contribution in [2.75, 3.05) is 19.6 Å². The number of piperidine rings is 4. The zero-order chi connectivity index (χ0) is 31.3. The molecule has 0 spiro atoms. The molecule has 4 aliphatic heterocycles. The van der Waals surface area contributed by atoms with Crippen molar-refractivity contribution in [3.63, 3.8) is 0 Å². The second kappa shape index (κ2) is 11.5. The number of rotatable bonds is 6. The van der Waals surface area contributed by atoms with E-state index in [-0.39, 0.29) is 41.5 Å². The Bertz CT molecular complexity index is 1550. The van der Waals surface area contributed by atoms with Crippen molar-refractivity contribution >= 4 is 29.2 Å². The van der Waals surface area contributed by atoms with Gasteiger partial charge >= 0.3 is 23.3 Å². The minimum atomic E-state index is -1.65. The Morgan fingerprint density at radius 1 is 0.864 bits per heavy atom. The Hall–Kier alpha value is -4.53. The number of nitro benzene ring substituents is 2. The number of ether oxygens (including phenoxy) is 2. The largest absolute Gasteiger partial charge is 0.454 e. The summed E-state index contributed by atoms with van der Waals surface area (Å²) in [6, 6.07) is 4.79. The van der Waals surface area contributed by atoms with Crippen molar-refractivity contribution in [1.82, 2.24) is 9.80 Å². The monoisotopic (exact) mass is 614 g/mol. The van der Waals surface area contributed by atoms with Gasteiger partial charge < -0.3 is 14.4 Å². The molecule has 6 atom stereocenters. The van der Waals surface area contributed by atoms with E-state index >= 15 is 0 Å². The quantitative estimate of drug-likeness (QED) is 0.267. The van der Waals surface area contributed by atoms with Gasteiger partial charge in [-0.1, -0.05) is 0 Å². The van der Waals surface area contributed by atoms with Crippen LogP contribution in [0.3, 0.4) is 0 Å². The number of carbonyl (C=O) groups excluding carboxylic acids is 3. The first-order chi connectivity index (χ1) is 21.0. The van der Waals surface area contributed by atoms with Crippen LogP contribution in [0.5, 0.6) is 0 Å². The van der Waals surface area contributed by atoms with Crippen LogP contribution in [-0.4, -0.2) is 81.4 Å². The zero-order valence-electron chi connectivity index (χ0n) is 23.3. The number of nitrogens with zero attached hydrogens (tertiary/aromatic N) is 4. The number of carbonyl (C=O) groups is 3. The Balaban J connectivity index is 1.32. The van der Waals surface area contributed by atoms with Crippen molar-refractivity contribution in [1.29, 1.82) is 0 Å². The van der Waals surface area contributed by atoms with E-state index in [0.717, 1.165) is 69.1 Å². The van der Waals surface area contributed by atoms with E-state index in [0.29, 0.717) is 12.6 Å². The lowest BCUT2D eigenvalue weighted by Gasteiger charge is -2.59. The van der Waals surface area contributed by atoms with Crippen LogP contribution in [0, 0.1) is 43.7 Å². The van der Waals surface area contributed by atoms with Gasteiger partial charge in [-0.2, -0.15) is 8.78 Å². The number of esters is 2. The van der Waals surface area contributed by atoms with Crippen LogP contribution in [0.25, 0.3) is 0 Å². The standard InChI is InChI=1S/C29H28F2N4O9/c30-19-7-5-15(11-22(19)34(39)40)28(37)43-24-13-21-18-4-2-10-32-9-1-3-17(25(18)32)14-33(21)27(36)26(24)44-29(38)16-6-8-20(31)23(12-16)35(41)42/h5-8,11-12,17-18,21,24-26H,1-4,9-10,13-14H2/t17-,18+,21+,24?,25-,26?/m0/s1. The van der Waals surface area contributed by atoms with Crippen molar-refractivity contribution in [2.45, 2.75) is 56.4 Å². The summed E-state index contributed by atoms with van der Waals surface area (Å²) in [5.74, 6) is -4.88. The predicted molar refractivity (Wildman–Crippen MR) is 145 cm³/mol. The molecule has 2 unspecified atom stereocenters. The Morgan fingerprint density at radius 2 is 1.43 bits per heavy atom. The third-order valence-electron chi connectivity index (χ3n) is 9.26. The molecule has 4 aliphatic rings. The highest BCUT2D eigenvalue weighted by Gasteiger charge is 2.56. The molecule has 4 fully saturated rings. The predicted octanol–water partition coefficient (Wildman–Crippen LogP) is 3.64. The summed E-state index contributed by atoms with van der Waals surface area (Å²) in [7, 11) is 0. The molecule has 4 saturated heterocycles. The minimum absolute atomic E-state index is 0.0799. The molecule has 1 amide bonds. The lowest BCUT2D eigenvalue weighted by molar-refractivity contribution is -0.387. The summed E-state index contributed by atoms with van der Waals surface area (Å²) in [5.41, 5.74) is -2.63. The molecule has 0 aromatic heterocycles. The van der Waals surface area contributed by atoms with E-state index in [4.69, 9.17) is 9.47 Å². The smallest absolute Gasteiger partial charge is 0.339 e. The van der Waals surface area contributed by atoms with Crippen molar-refractivity contribution in [3.8, 4) is 0 Å². The van der Waals surface area contributed by atoms with E-state index in [1.54, 1.807) is 4.90 Å². The molecule has 4 heterocycles. The fourth-order valence-corrected chi connectivity index (χ4v) is 7.42. The molecule has 44 heavy (non-hydrogen) atoms. The number of benzene rings is 2. The van der Waals surface area contributed by atoms with Gasteiger partial charge in [-0.3, -0.25) is 29.9 Å². The SMILES string of the molecule is O=C(OC1C[C@@H]2[C@H]3CCCN4CCC[C@@H](CN2C(=O)C1OC(=O)c1ccc(F)c([N+](=O)[O-])c1)[C@@H]34)c1ccc(F)c([N+](=O)[O-])c1. The van der Waals surface area contributed by atoms with Gasteiger partial charge in [-0.25, -0.2) is 9.59 Å². The first-order valence-electron chi connectivity index (χ1n) is 14.4. The van der Waals surface area contributed by atoms with Crippen LogP contribution in [0.4, 0.5) is 20.2 Å². The molecule has 0 bridgehead atoms. The molecule has 13 nitrogen and oxygen atoms in total. The highest BCUT2D eigenvalue weighted by molar-refractivity contribution is 5.94. The summed E-state index contributed by atoms with van der Waals surface area (Å²) >= 11 is 0. The normalized spacial score (nSPS) is 28.0. The van der Waals surface area contributed by atoms with Crippen LogP contribution in [-0.2, 0) is 14.3 Å². The first-order valence-corrected chi connectivity index (χ1v) is 14.4. The van der Waals surface area contributed by atoms with Crippen LogP contribution in [0.1, 0.15) is 52.8 Å². The molecule has 2 aromatic carbocycles. The molecule has 0 N–H and O–H groups in total. The maximum absolute atomic E-state index is 14.0. The number of fused-ring (bicyclic) bond motifs is 2. The second-order valence-corrected chi connectivity index (χ2v) is 11.6. The first kappa shape index (κ1) is 29.5. The maximum Gasteiger partial charge on any atom is 0.339 e. The molecular weight excluding hydrogens is 586 g/mol. The summed E-state index contributed by atoms with van der Waals surface area (Å²) < 4.78 is 39.1. The topological polar surface area (TPSA) is 162 Å². The van der Waals surface area contributed by atoms with Crippen LogP contribution < -0.4 is 0 Å². The molecule has 2 aromatic rings. The van der Waals surface area contributed by atoms with Crippen molar-refractivity contribution in [2.24, 2.45) is 11.8 Å². The zero-order valence-corrected chi connectivity index (χ0v) is 23.3. The highest BCUT2D eigenvalue weighted by Crippen LogP contribution is 2.45. The molecule has 6 rings (SSSR count). The van der Waals surface area contributed by atoms with E-state index < -0.39 is 62.9 Å². The van der Waals surface area contributed by atoms with E-state index in [2.05, 4.69) is 4.90 Å². The van der Waals surface area contributed by atoms with Gasteiger partial charge in [0.15, 0.2) is 6.10 Å². The third-order valence-corrected chi connectivity index (χ3v) is 9.26. The molecule has 232 valence electrons. The van der Waals surface area contributed by atoms with Gasteiger partial charge in [0.1, 0.15) is 0 Å². The Labute approximate surface area is 249 Å². The summed E-state index contributed by atoms with van der Waals surface area (Å²) in [4.78, 5) is 65.0. The van der Waals surface area contributed by atoms with Gasteiger partial charge in [-0.05, 0) is 74.9 Å². The maximum atomic E-state index is 14.0. The summed E-state index contributed by atoms with van der Waals surface area (Å²) in [5, 5.41) is 22.5. The van der Waals surface area contributed by atoms with Gasteiger partial charge in [-0.15, -0.1) is 0 Å².